The second-order valence-electron chi connectivity index (χ2n) is 8.60. The molecule has 2 aliphatic heterocycles. The predicted molar refractivity (Wildman–Crippen MR) is 104 cm³/mol. The molecule has 0 radical (unpaired) electrons. The van der Waals surface area contributed by atoms with E-state index >= 15 is 0 Å². The van der Waals surface area contributed by atoms with Crippen molar-refractivity contribution in [3.8, 4) is 0 Å². The molecule has 6 nitrogen and oxygen atoms in total. The van der Waals surface area contributed by atoms with Crippen LogP contribution < -0.4 is 21.4 Å². The number of fused-ring (bicyclic) bond motifs is 1. The van der Waals surface area contributed by atoms with E-state index in [4.69, 9.17) is 4.84 Å². The second kappa shape index (κ2) is 10.7. The van der Waals surface area contributed by atoms with Crippen LogP contribution in [0.4, 0.5) is 4.39 Å². The average molecular weight is 385 g/mol. The van der Waals surface area contributed by atoms with Gasteiger partial charge in [0.05, 0.1) is 6.10 Å². The fourth-order valence-electron chi connectivity index (χ4n) is 4.71. The van der Waals surface area contributed by atoms with Crippen molar-refractivity contribution in [2.24, 2.45) is 11.8 Å². The maximum Gasteiger partial charge on any atom is 0.239 e. The van der Waals surface area contributed by atoms with E-state index in [0.29, 0.717) is 18.8 Å². The Morgan fingerprint density at radius 3 is 2.41 bits per heavy atom. The van der Waals surface area contributed by atoms with E-state index in [0.717, 1.165) is 25.9 Å². The highest BCUT2D eigenvalue weighted by Gasteiger charge is 2.44. The van der Waals surface area contributed by atoms with E-state index in [1.807, 2.05) is 0 Å². The highest BCUT2D eigenvalue weighted by molar-refractivity contribution is 5.82. The Hall–Kier alpha value is -0.760. The minimum atomic E-state index is -0.835. The zero-order valence-corrected chi connectivity index (χ0v) is 16.6. The van der Waals surface area contributed by atoms with E-state index in [-0.39, 0.29) is 24.0 Å². The van der Waals surface area contributed by atoms with Crippen LogP contribution in [0, 0.1) is 11.8 Å². The first kappa shape index (κ1) is 21.0. The van der Waals surface area contributed by atoms with Crippen LogP contribution in [0.2, 0.25) is 0 Å². The fraction of sp³-hybridized carbons (Fsp3) is 0.950. The molecule has 4 rings (SSSR count). The van der Waals surface area contributed by atoms with Crippen LogP contribution in [0.3, 0.4) is 0 Å². The zero-order valence-electron chi connectivity index (χ0n) is 16.6. The topological polar surface area (TPSA) is 74.4 Å². The molecule has 4 N–H and O–H groups in total. The molecule has 4 aliphatic rings. The van der Waals surface area contributed by atoms with Crippen LogP contribution >= 0.6 is 0 Å². The van der Waals surface area contributed by atoms with E-state index < -0.39 is 12.2 Å². The highest BCUT2D eigenvalue weighted by Crippen LogP contribution is 2.38. The molecule has 2 saturated heterocycles. The molecule has 5 unspecified atom stereocenters. The summed E-state index contributed by atoms with van der Waals surface area (Å²) >= 11 is 0. The fourth-order valence-corrected chi connectivity index (χ4v) is 4.71. The van der Waals surface area contributed by atoms with Crippen LogP contribution in [0.5, 0.6) is 0 Å². The number of alkyl halides is 1. The first-order valence-electron chi connectivity index (χ1n) is 10.9. The number of halogens is 1. The number of nitrogens with one attached hydrogen (secondary N) is 4. The Kier molecular flexibility index (Phi) is 8.30. The molecule has 2 heterocycles. The van der Waals surface area contributed by atoms with Crippen molar-refractivity contribution in [3.05, 3.63) is 0 Å². The third kappa shape index (κ3) is 6.11. The van der Waals surface area contributed by atoms with Crippen molar-refractivity contribution in [2.45, 2.75) is 89.1 Å². The van der Waals surface area contributed by atoms with Gasteiger partial charge < -0.3 is 16.0 Å². The van der Waals surface area contributed by atoms with Gasteiger partial charge in [-0.15, -0.1) is 0 Å². The molecular weight excluding hydrogens is 347 g/mol. The normalized spacial score (nSPS) is 37.5. The second-order valence-corrected chi connectivity index (χ2v) is 8.60. The summed E-state index contributed by atoms with van der Waals surface area (Å²) in [5, 5.41) is 9.45. The number of hydrogen-bond donors (Lipinski definition) is 4. The molecule has 2 saturated carbocycles. The van der Waals surface area contributed by atoms with Crippen molar-refractivity contribution in [1.82, 2.24) is 21.4 Å². The van der Waals surface area contributed by atoms with Crippen LogP contribution in [0.15, 0.2) is 0 Å². The average Bonchev–Trinajstić information content (AvgIpc) is 2.73. The standard InChI is InChI=1S/C16H27FN2O2.C4H10N2/c1-10-7-8-13(17)12-9-14(19-21-15(10)12)16(20)18-11-5-3-2-4-6-11;1-2-5-4-6-3-1/h10-15,19H,2-9H2,1H3,(H,18,20);5-6H,1-4H2. The van der Waals surface area contributed by atoms with Crippen molar-refractivity contribution in [3.63, 3.8) is 0 Å². The number of hydroxylamine groups is 1. The molecule has 0 bridgehead atoms. The lowest BCUT2D eigenvalue weighted by Gasteiger charge is -2.43. The van der Waals surface area contributed by atoms with Crippen LogP contribution in [-0.4, -0.2) is 50.0 Å². The molecule has 2 aliphatic carbocycles. The third-order valence-corrected chi connectivity index (χ3v) is 6.42. The van der Waals surface area contributed by atoms with Crippen molar-refractivity contribution in [2.75, 3.05) is 19.8 Å². The molecule has 4 fully saturated rings. The molecule has 5 atom stereocenters. The minimum Gasteiger partial charge on any atom is -0.352 e. The van der Waals surface area contributed by atoms with Gasteiger partial charge in [-0.2, -0.15) is 5.48 Å². The van der Waals surface area contributed by atoms with Gasteiger partial charge in [0.2, 0.25) is 5.91 Å². The summed E-state index contributed by atoms with van der Waals surface area (Å²) < 4.78 is 14.1. The van der Waals surface area contributed by atoms with Gasteiger partial charge in [-0.1, -0.05) is 26.2 Å². The number of hydrogen-bond acceptors (Lipinski definition) is 5. The maximum atomic E-state index is 14.1. The summed E-state index contributed by atoms with van der Waals surface area (Å²) in [6.07, 6.45) is 8.14. The lowest BCUT2D eigenvalue weighted by molar-refractivity contribution is -0.172. The Labute approximate surface area is 162 Å². The molecule has 156 valence electrons. The summed E-state index contributed by atoms with van der Waals surface area (Å²) in [5.41, 5.74) is 2.88. The van der Waals surface area contributed by atoms with Gasteiger partial charge >= 0.3 is 0 Å². The van der Waals surface area contributed by atoms with E-state index in [1.165, 1.54) is 38.8 Å². The first-order valence-corrected chi connectivity index (χ1v) is 10.9. The van der Waals surface area contributed by atoms with E-state index in [2.05, 4.69) is 28.4 Å². The monoisotopic (exact) mass is 384 g/mol. The number of amides is 1. The van der Waals surface area contributed by atoms with Crippen molar-refractivity contribution in [1.29, 1.82) is 0 Å². The SMILES string of the molecule is C1CNCNC1.CC1CCC(F)C2CC(C(=O)NC3CCCCC3)NOC12. The Balaban J connectivity index is 0.000000299. The number of rotatable bonds is 2. The van der Waals surface area contributed by atoms with Gasteiger partial charge in [-0.3, -0.25) is 9.63 Å². The first-order chi connectivity index (χ1) is 13.1. The summed E-state index contributed by atoms with van der Waals surface area (Å²) in [6, 6.07) is -0.117. The van der Waals surface area contributed by atoms with Crippen LogP contribution in [-0.2, 0) is 9.63 Å². The van der Waals surface area contributed by atoms with Gasteiger partial charge in [0.25, 0.3) is 0 Å². The Morgan fingerprint density at radius 1 is 1.04 bits per heavy atom. The van der Waals surface area contributed by atoms with Crippen molar-refractivity contribution < 1.29 is 14.0 Å². The van der Waals surface area contributed by atoms with Crippen molar-refractivity contribution >= 4 is 5.91 Å². The quantitative estimate of drug-likeness (QED) is 0.586. The predicted octanol–water partition coefficient (Wildman–Crippen LogP) is 2.01. The molecule has 0 aromatic carbocycles. The summed E-state index contributed by atoms with van der Waals surface area (Å²) in [6.45, 7) is 5.48. The van der Waals surface area contributed by atoms with Gasteiger partial charge in [0.1, 0.15) is 12.2 Å². The van der Waals surface area contributed by atoms with E-state index in [9.17, 15) is 9.18 Å². The van der Waals surface area contributed by atoms with Gasteiger partial charge in [0, 0.05) is 18.6 Å². The maximum absolute atomic E-state index is 14.1. The number of carbonyl (C=O) groups is 1. The molecule has 0 aromatic heterocycles. The van der Waals surface area contributed by atoms with Gasteiger partial charge in [0.15, 0.2) is 0 Å². The molecule has 1 amide bonds. The molecule has 7 heteroatoms. The van der Waals surface area contributed by atoms with Crippen LogP contribution in [0.25, 0.3) is 0 Å². The molecule has 0 spiro atoms. The summed E-state index contributed by atoms with van der Waals surface area (Å²) in [7, 11) is 0. The largest absolute Gasteiger partial charge is 0.352 e. The molecular formula is C20H37FN4O2. The lowest BCUT2D eigenvalue weighted by atomic mass is 9.75. The van der Waals surface area contributed by atoms with Gasteiger partial charge in [-0.05, 0) is 57.5 Å². The summed E-state index contributed by atoms with van der Waals surface area (Å²) in [4.78, 5) is 18.0. The summed E-state index contributed by atoms with van der Waals surface area (Å²) in [5.74, 6) is 0.194. The van der Waals surface area contributed by atoms with Gasteiger partial charge in [-0.25, -0.2) is 4.39 Å². The smallest absolute Gasteiger partial charge is 0.239 e. The lowest BCUT2D eigenvalue weighted by Crippen LogP contribution is -2.58. The molecule has 0 aromatic rings. The highest BCUT2D eigenvalue weighted by atomic mass is 19.1. The third-order valence-electron chi connectivity index (χ3n) is 6.42. The van der Waals surface area contributed by atoms with E-state index in [1.54, 1.807) is 0 Å². The minimum absolute atomic E-state index is 0.0224. The number of carbonyl (C=O) groups excluding carboxylic acids is 1. The Bertz CT molecular complexity index is 446. The molecule has 27 heavy (non-hydrogen) atoms. The van der Waals surface area contributed by atoms with Crippen LogP contribution in [0.1, 0.15) is 64.7 Å². The Morgan fingerprint density at radius 2 is 1.78 bits per heavy atom. The zero-order chi connectivity index (χ0) is 19.1.